The van der Waals surface area contributed by atoms with E-state index in [1.807, 2.05) is 18.5 Å². The molecular formula is C17H16FN3OS. The van der Waals surface area contributed by atoms with E-state index in [0.29, 0.717) is 12.1 Å². The zero-order valence-electron chi connectivity index (χ0n) is 12.6. The van der Waals surface area contributed by atoms with Crippen molar-refractivity contribution >= 4 is 22.4 Å². The Bertz CT molecular complexity index is 875. The van der Waals surface area contributed by atoms with Crippen molar-refractivity contribution in [3.05, 3.63) is 51.7 Å². The predicted octanol–water partition coefficient (Wildman–Crippen LogP) is 2.74. The third-order valence-corrected chi connectivity index (χ3v) is 4.23. The van der Waals surface area contributed by atoms with E-state index in [1.54, 1.807) is 17.4 Å². The van der Waals surface area contributed by atoms with Gasteiger partial charge in [0.05, 0.1) is 17.6 Å². The number of nitrogens with one attached hydrogen (secondary N) is 1. The molecule has 0 aliphatic heterocycles. The van der Waals surface area contributed by atoms with Crippen molar-refractivity contribution in [1.82, 2.24) is 14.9 Å². The highest BCUT2D eigenvalue weighted by atomic mass is 32.1. The molecule has 4 nitrogen and oxygen atoms in total. The lowest BCUT2D eigenvalue weighted by atomic mass is 10.3. The molecule has 6 heteroatoms. The molecule has 3 rings (SSSR count). The molecule has 0 radical (unpaired) electrons. The Morgan fingerprint density at radius 3 is 3.04 bits per heavy atom. The highest BCUT2D eigenvalue weighted by Crippen LogP contribution is 2.18. The first-order valence-electron chi connectivity index (χ1n) is 7.14. The fraction of sp³-hybridized carbons (Fsp3) is 0.235. The zero-order chi connectivity index (χ0) is 16.2. The Morgan fingerprint density at radius 2 is 2.22 bits per heavy atom. The van der Waals surface area contributed by atoms with Crippen molar-refractivity contribution < 1.29 is 9.50 Å². The molecule has 0 atom stereocenters. The zero-order valence-corrected chi connectivity index (χ0v) is 13.5. The lowest BCUT2D eigenvalue weighted by Crippen LogP contribution is -2.17. The third kappa shape index (κ3) is 3.96. The highest BCUT2D eigenvalue weighted by Gasteiger charge is 2.08. The number of hydrogen-bond donors (Lipinski definition) is 2. The molecule has 2 heterocycles. The van der Waals surface area contributed by atoms with E-state index >= 15 is 0 Å². The average Bonchev–Trinajstić information content (AvgIpc) is 3.10. The minimum atomic E-state index is -0.267. The monoisotopic (exact) mass is 329 g/mol. The molecule has 0 saturated heterocycles. The van der Waals surface area contributed by atoms with E-state index < -0.39 is 0 Å². The molecule has 2 N–H and O–H groups in total. The maximum absolute atomic E-state index is 13.2. The van der Waals surface area contributed by atoms with Crippen molar-refractivity contribution in [2.75, 3.05) is 13.7 Å². The lowest BCUT2D eigenvalue weighted by Gasteiger charge is -2.13. The number of hydrogen-bond acceptors (Lipinski definition) is 4. The van der Waals surface area contributed by atoms with Gasteiger partial charge in [0, 0.05) is 22.4 Å². The van der Waals surface area contributed by atoms with Crippen molar-refractivity contribution in [2.45, 2.75) is 13.1 Å². The number of aromatic nitrogens is 2. The summed E-state index contributed by atoms with van der Waals surface area (Å²) in [4.78, 5) is 10.9. The molecule has 0 aliphatic rings. The van der Waals surface area contributed by atoms with Crippen molar-refractivity contribution in [2.24, 2.45) is 0 Å². The van der Waals surface area contributed by atoms with Crippen LogP contribution in [0, 0.1) is 17.7 Å². The van der Waals surface area contributed by atoms with Crippen LogP contribution in [0.4, 0.5) is 4.39 Å². The predicted molar refractivity (Wildman–Crippen MR) is 89.5 cm³/mol. The topological polar surface area (TPSA) is 52.2 Å². The van der Waals surface area contributed by atoms with Crippen LogP contribution >= 0.6 is 11.3 Å². The second-order valence-corrected chi connectivity index (χ2v) is 6.27. The number of nitrogens with zero attached hydrogens (tertiary/aromatic N) is 2. The highest BCUT2D eigenvalue weighted by molar-refractivity contribution is 7.10. The Kier molecular flexibility index (Phi) is 4.72. The number of benzene rings is 1. The van der Waals surface area contributed by atoms with Gasteiger partial charge < -0.3 is 10.1 Å². The van der Waals surface area contributed by atoms with Crippen LogP contribution in [-0.2, 0) is 13.1 Å². The van der Waals surface area contributed by atoms with Crippen molar-refractivity contribution in [3.8, 4) is 11.8 Å². The number of thiophene rings is 1. The molecule has 0 fully saturated rings. The van der Waals surface area contributed by atoms with Gasteiger partial charge in [-0.1, -0.05) is 11.8 Å². The molecule has 0 amide bonds. The SMILES string of the molecule is CN(Cc1nc2ccc(F)cc2[nH]1)Cc1cc(C#CCO)cs1. The van der Waals surface area contributed by atoms with Gasteiger partial charge in [0.25, 0.3) is 0 Å². The quantitative estimate of drug-likeness (QED) is 0.724. The number of aromatic amines is 1. The largest absolute Gasteiger partial charge is 0.384 e. The van der Waals surface area contributed by atoms with Gasteiger partial charge in [-0.15, -0.1) is 11.3 Å². The molecular weight excluding hydrogens is 313 g/mol. The van der Waals surface area contributed by atoms with Gasteiger partial charge in [0.15, 0.2) is 0 Å². The van der Waals surface area contributed by atoms with Gasteiger partial charge in [0.2, 0.25) is 0 Å². The summed E-state index contributed by atoms with van der Waals surface area (Å²) in [6.45, 7) is 1.29. The van der Waals surface area contributed by atoms with Crippen LogP contribution in [0.1, 0.15) is 16.3 Å². The van der Waals surface area contributed by atoms with Gasteiger partial charge in [-0.25, -0.2) is 9.37 Å². The van der Waals surface area contributed by atoms with E-state index in [0.717, 1.165) is 23.4 Å². The minimum absolute atomic E-state index is 0.127. The van der Waals surface area contributed by atoms with Crippen LogP contribution in [-0.4, -0.2) is 33.6 Å². The number of imidazole rings is 1. The summed E-state index contributed by atoms with van der Waals surface area (Å²) in [5.41, 5.74) is 2.41. The number of fused-ring (bicyclic) bond motifs is 1. The summed E-state index contributed by atoms with van der Waals surface area (Å²) < 4.78 is 13.2. The summed E-state index contributed by atoms with van der Waals surface area (Å²) in [5.74, 6) is 6.08. The summed E-state index contributed by atoms with van der Waals surface area (Å²) in [5, 5.41) is 10.7. The molecule has 1 aromatic carbocycles. The number of H-pyrrole nitrogens is 1. The van der Waals surface area contributed by atoms with Crippen LogP contribution in [0.3, 0.4) is 0 Å². The summed E-state index contributed by atoms with van der Waals surface area (Å²) in [7, 11) is 2.01. The first kappa shape index (κ1) is 15.7. The first-order chi connectivity index (χ1) is 11.1. The van der Waals surface area contributed by atoms with Gasteiger partial charge in [-0.3, -0.25) is 4.90 Å². The van der Waals surface area contributed by atoms with Crippen LogP contribution in [0.15, 0.2) is 29.6 Å². The van der Waals surface area contributed by atoms with Crippen LogP contribution in [0.2, 0.25) is 0 Å². The van der Waals surface area contributed by atoms with Gasteiger partial charge in [0.1, 0.15) is 18.2 Å². The first-order valence-corrected chi connectivity index (χ1v) is 8.02. The maximum atomic E-state index is 13.2. The molecule has 2 aromatic heterocycles. The van der Waals surface area contributed by atoms with E-state index in [4.69, 9.17) is 5.11 Å². The molecule has 0 spiro atoms. The number of aliphatic hydroxyl groups excluding tert-OH is 1. The molecule has 0 aliphatic carbocycles. The second-order valence-electron chi connectivity index (χ2n) is 5.28. The molecule has 3 aromatic rings. The molecule has 23 heavy (non-hydrogen) atoms. The van der Waals surface area contributed by atoms with E-state index in [1.165, 1.54) is 17.0 Å². The molecule has 118 valence electrons. The standard InChI is InChI=1S/C17H16FN3OS/c1-21(9-14-7-12(11-23-14)3-2-6-22)10-17-19-15-5-4-13(18)8-16(15)20-17/h4-5,7-8,11,22H,6,9-10H2,1H3,(H,19,20). The van der Waals surface area contributed by atoms with Gasteiger partial charge in [-0.05, 0) is 31.3 Å². The van der Waals surface area contributed by atoms with Gasteiger partial charge in [-0.2, -0.15) is 0 Å². The van der Waals surface area contributed by atoms with Crippen LogP contribution in [0.5, 0.6) is 0 Å². The van der Waals surface area contributed by atoms with Crippen molar-refractivity contribution in [1.29, 1.82) is 0 Å². The fourth-order valence-corrected chi connectivity index (χ4v) is 3.25. The smallest absolute Gasteiger partial charge is 0.125 e. The van der Waals surface area contributed by atoms with Gasteiger partial charge >= 0.3 is 0 Å². The molecule has 0 unspecified atom stereocenters. The Balaban J connectivity index is 1.65. The fourth-order valence-electron chi connectivity index (χ4n) is 2.36. The molecule has 0 bridgehead atoms. The summed E-state index contributed by atoms with van der Waals surface area (Å²) in [6.07, 6.45) is 0. The Labute approximate surface area is 137 Å². The summed E-state index contributed by atoms with van der Waals surface area (Å²) >= 11 is 1.64. The van der Waals surface area contributed by atoms with E-state index in [2.05, 4.69) is 26.7 Å². The minimum Gasteiger partial charge on any atom is -0.384 e. The maximum Gasteiger partial charge on any atom is 0.125 e. The Morgan fingerprint density at radius 1 is 1.35 bits per heavy atom. The Hall–Kier alpha value is -2.20. The average molecular weight is 329 g/mol. The van der Waals surface area contributed by atoms with E-state index in [9.17, 15) is 4.39 Å². The lowest BCUT2D eigenvalue weighted by molar-refractivity contribution is 0.315. The normalized spacial score (nSPS) is 11.0. The number of halogens is 1. The number of aliphatic hydroxyl groups is 1. The van der Waals surface area contributed by atoms with Crippen LogP contribution in [0.25, 0.3) is 11.0 Å². The number of rotatable bonds is 4. The van der Waals surface area contributed by atoms with Crippen molar-refractivity contribution in [3.63, 3.8) is 0 Å². The van der Waals surface area contributed by atoms with Crippen LogP contribution < -0.4 is 0 Å². The summed E-state index contributed by atoms with van der Waals surface area (Å²) in [6, 6.07) is 6.57. The second kappa shape index (κ2) is 6.92. The molecule has 0 saturated carbocycles. The van der Waals surface area contributed by atoms with E-state index in [-0.39, 0.29) is 12.4 Å². The third-order valence-electron chi connectivity index (χ3n) is 3.30.